The van der Waals surface area contributed by atoms with Gasteiger partial charge in [0.1, 0.15) is 23.1 Å². The van der Waals surface area contributed by atoms with Crippen LogP contribution in [-0.2, 0) is 16.0 Å². The lowest BCUT2D eigenvalue weighted by atomic mass is 10.1. The van der Waals surface area contributed by atoms with Crippen LogP contribution in [0.15, 0.2) is 12.1 Å². The van der Waals surface area contributed by atoms with E-state index in [2.05, 4.69) is 0 Å². The third-order valence-electron chi connectivity index (χ3n) is 2.13. The van der Waals surface area contributed by atoms with Crippen molar-refractivity contribution < 1.29 is 19.4 Å². The number of nitrogens with zero attached hydrogens (tertiary/aromatic N) is 1. The molecule has 0 bridgehead atoms. The minimum absolute atomic E-state index is 0.0312. The van der Waals surface area contributed by atoms with Gasteiger partial charge in [0.05, 0.1) is 20.1 Å². The lowest BCUT2D eigenvalue weighted by molar-refractivity contribution is -0.142. The molecule has 17 heavy (non-hydrogen) atoms. The van der Waals surface area contributed by atoms with Crippen LogP contribution >= 0.6 is 0 Å². The van der Waals surface area contributed by atoms with E-state index in [1.54, 1.807) is 6.92 Å². The van der Waals surface area contributed by atoms with Gasteiger partial charge >= 0.3 is 5.97 Å². The molecule has 1 N–H and O–H groups in total. The Morgan fingerprint density at radius 3 is 2.76 bits per heavy atom. The Balaban J connectivity index is 3.00. The summed E-state index contributed by atoms with van der Waals surface area (Å²) in [6.07, 6.45) is 0.0312. The lowest BCUT2D eigenvalue weighted by Crippen LogP contribution is -2.07. The van der Waals surface area contributed by atoms with Crippen molar-refractivity contribution in [3.63, 3.8) is 0 Å². The van der Waals surface area contributed by atoms with E-state index in [1.807, 2.05) is 6.07 Å². The molecular weight excluding hydrogens is 222 g/mol. The van der Waals surface area contributed by atoms with Gasteiger partial charge in [0.15, 0.2) is 0 Å². The molecule has 0 saturated heterocycles. The molecule has 0 saturated carbocycles. The number of aromatic hydroxyl groups is 1. The van der Waals surface area contributed by atoms with E-state index in [-0.39, 0.29) is 23.5 Å². The Morgan fingerprint density at radius 2 is 2.24 bits per heavy atom. The van der Waals surface area contributed by atoms with Crippen molar-refractivity contribution in [1.29, 1.82) is 5.26 Å². The number of benzene rings is 1. The van der Waals surface area contributed by atoms with Crippen molar-refractivity contribution >= 4 is 5.97 Å². The molecule has 0 unspecified atom stereocenters. The average molecular weight is 235 g/mol. The Kier molecular flexibility index (Phi) is 4.35. The average Bonchev–Trinajstić information content (AvgIpc) is 2.28. The van der Waals surface area contributed by atoms with Gasteiger partial charge in [-0.2, -0.15) is 5.26 Å². The summed E-state index contributed by atoms with van der Waals surface area (Å²) >= 11 is 0. The molecule has 1 rings (SSSR count). The van der Waals surface area contributed by atoms with Crippen LogP contribution in [0.25, 0.3) is 0 Å². The molecule has 0 radical (unpaired) electrons. The highest BCUT2D eigenvalue weighted by Crippen LogP contribution is 2.28. The minimum Gasteiger partial charge on any atom is -0.506 e. The molecule has 0 aromatic heterocycles. The van der Waals surface area contributed by atoms with Gasteiger partial charge in [-0.1, -0.05) is 0 Å². The van der Waals surface area contributed by atoms with Gasteiger partial charge in [-0.15, -0.1) is 0 Å². The van der Waals surface area contributed by atoms with E-state index in [0.717, 1.165) is 0 Å². The van der Waals surface area contributed by atoms with Gasteiger partial charge in [0.25, 0.3) is 0 Å². The summed E-state index contributed by atoms with van der Waals surface area (Å²) in [6.45, 7) is 2.02. The Hall–Kier alpha value is -2.22. The van der Waals surface area contributed by atoms with Crippen LogP contribution in [0.5, 0.6) is 11.5 Å². The number of hydrogen-bond acceptors (Lipinski definition) is 5. The molecule has 0 atom stereocenters. The second kappa shape index (κ2) is 5.75. The fraction of sp³-hybridized carbons (Fsp3) is 0.333. The highest BCUT2D eigenvalue weighted by molar-refractivity contribution is 5.73. The van der Waals surface area contributed by atoms with E-state index in [1.165, 1.54) is 19.2 Å². The van der Waals surface area contributed by atoms with Gasteiger partial charge in [0, 0.05) is 0 Å². The predicted octanol–water partition coefficient (Wildman–Crippen LogP) is 1.38. The molecule has 5 heteroatoms. The zero-order valence-electron chi connectivity index (χ0n) is 9.69. The van der Waals surface area contributed by atoms with Crippen molar-refractivity contribution in [2.45, 2.75) is 13.3 Å². The number of carbonyl (C=O) groups excluding carboxylic acids is 1. The van der Waals surface area contributed by atoms with E-state index in [4.69, 9.17) is 14.7 Å². The van der Waals surface area contributed by atoms with Crippen molar-refractivity contribution in [3.05, 3.63) is 23.3 Å². The fourth-order valence-corrected chi connectivity index (χ4v) is 1.41. The Morgan fingerprint density at radius 1 is 1.53 bits per heavy atom. The summed E-state index contributed by atoms with van der Waals surface area (Å²) in [5, 5.41) is 18.4. The summed E-state index contributed by atoms with van der Waals surface area (Å²) in [7, 11) is 1.39. The van der Waals surface area contributed by atoms with Crippen LogP contribution < -0.4 is 4.74 Å². The van der Waals surface area contributed by atoms with Crippen LogP contribution in [0.1, 0.15) is 18.1 Å². The number of phenolic OH excluding ortho intramolecular Hbond substituents is 1. The van der Waals surface area contributed by atoms with E-state index < -0.39 is 5.97 Å². The van der Waals surface area contributed by atoms with Crippen LogP contribution in [0, 0.1) is 11.3 Å². The highest BCUT2D eigenvalue weighted by Gasteiger charge is 2.13. The number of phenols is 1. The minimum atomic E-state index is -0.390. The van der Waals surface area contributed by atoms with E-state index in [0.29, 0.717) is 12.2 Å². The third-order valence-corrected chi connectivity index (χ3v) is 2.13. The highest BCUT2D eigenvalue weighted by atomic mass is 16.5. The standard InChI is InChI=1S/C12H13NO4/c1-3-17-12(15)6-8-4-10(14)9(7-13)11(5-8)16-2/h4-5,14H,3,6H2,1-2H3. The molecule has 0 amide bonds. The molecule has 0 aliphatic carbocycles. The summed E-state index contributed by atoms with van der Waals surface area (Å²) in [5.41, 5.74) is 0.594. The maximum atomic E-state index is 11.3. The van der Waals surface area contributed by atoms with Gasteiger partial charge in [-0.25, -0.2) is 0 Å². The van der Waals surface area contributed by atoms with Crippen molar-refractivity contribution in [2.75, 3.05) is 13.7 Å². The normalized spacial score (nSPS) is 9.47. The maximum absolute atomic E-state index is 11.3. The quantitative estimate of drug-likeness (QED) is 0.797. The van der Waals surface area contributed by atoms with Crippen LogP contribution in [-0.4, -0.2) is 24.8 Å². The van der Waals surface area contributed by atoms with Gasteiger partial charge in [-0.05, 0) is 24.6 Å². The van der Waals surface area contributed by atoms with Crippen LogP contribution in [0.3, 0.4) is 0 Å². The first-order valence-corrected chi connectivity index (χ1v) is 5.08. The van der Waals surface area contributed by atoms with Crippen LogP contribution in [0.4, 0.5) is 0 Å². The molecule has 0 fully saturated rings. The van der Waals surface area contributed by atoms with Gasteiger partial charge < -0.3 is 14.6 Å². The molecule has 5 nitrogen and oxygen atoms in total. The summed E-state index contributed by atoms with van der Waals surface area (Å²) in [5.74, 6) is -0.350. The van der Waals surface area contributed by atoms with E-state index in [9.17, 15) is 9.90 Å². The summed E-state index contributed by atoms with van der Waals surface area (Å²) < 4.78 is 9.75. The van der Waals surface area contributed by atoms with Crippen molar-refractivity contribution in [2.24, 2.45) is 0 Å². The molecular formula is C12H13NO4. The van der Waals surface area contributed by atoms with E-state index >= 15 is 0 Å². The number of esters is 1. The third kappa shape index (κ3) is 3.11. The van der Waals surface area contributed by atoms with Gasteiger partial charge in [0.2, 0.25) is 0 Å². The number of methoxy groups -OCH3 is 1. The van der Waals surface area contributed by atoms with Crippen molar-refractivity contribution in [1.82, 2.24) is 0 Å². The number of carbonyl (C=O) groups is 1. The SMILES string of the molecule is CCOC(=O)Cc1cc(O)c(C#N)c(OC)c1. The van der Waals surface area contributed by atoms with Gasteiger partial charge in [-0.3, -0.25) is 4.79 Å². The predicted molar refractivity (Wildman–Crippen MR) is 59.7 cm³/mol. The monoisotopic (exact) mass is 235 g/mol. The molecule has 1 aromatic rings. The molecule has 0 heterocycles. The first kappa shape index (κ1) is 12.8. The fourth-order valence-electron chi connectivity index (χ4n) is 1.41. The lowest BCUT2D eigenvalue weighted by Gasteiger charge is -2.08. The number of rotatable bonds is 4. The Labute approximate surface area is 99.2 Å². The molecule has 0 aliphatic heterocycles. The summed E-state index contributed by atoms with van der Waals surface area (Å²) in [4.78, 5) is 11.3. The topological polar surface area (TPSA) is 79.5 Å². The smallest absolute Gasteiger partial charge is 0.310 e. The molecule has 0 spiro atoms. The number of hydrogen-bond donors (Lipinski definition) is 1. The first-order valence-electron chi connectivity index (χ1n) is 5.08. The zero-order chi connectivity index (χ0) is 12.8. The second-order valence-electron chi connectivity index (χ2n) is 3.29. The number of ether oxygens (including phenoxy) is 2. The first-order chi connectivity index (χ1) is 8.12. The number of nitriles is 1. The Bertz CT molecular complexity index is 462. The largest absolute Gasteiger partial charge is 0.506 e. The second-order valence-corrected chi connectivity index (χ2v) is 3.29. The molecule has 1 aromatic carbocycles. The van der Waals surface area contributed by atoms with Crippen molar-refractivity contribution in [3.8, 4) is 17.6 Å². The molecule has 0 aliphatic rings. The van der Waals surface area contributed by atoms with Crippen LogP contribution in [0.2, 0.25) is 0 Å². The maximum Gasteiger partial charge on any atom is 0.310 e. The zero-order valence-corrected chi connectivity index (χ0v) is 9.69. The summed E-state index contributed by atoms with van der Waals surface area (Å²) in [6, 6.07) is 4.73. The molecule has 90 valence electrons.